The number of hydrogen-bond donors (Lipinski definition) is 2. The quantitative estimate of drug-likeness (QED) is 0.424. The Morgan fingerprint density at radius 2 is 1.65 bits per heavy atom. The molecule has 0 radical (unpaired) electrons. The van der Waals surface area contributed by atoms with Crippen molar-refractivity contribution in [1.82, 2.24) is 4.72 Å². The van der Waals surface area contributed by atoms with E-state index >= 15 is 0 Å². The molecular weight excluding hydrogens is 418 g/mol. The Bertz CT molecular complexity index is 1400. The molecule has 8 heteroatoms. The summed E-state index contributed by atoms with van der Waals surface area (Å²) < 4.78 is 33.0. The lowest BCUT2D eigenvalue weighted by Gasteiger charge is -2.14. The van der Waals surface area contributed by atoms with Gasteiger partial charge in [-0.25, -0.2) is 8.42 Å². The second-order valence-electron chi connectivity index (χ2n) is 7.26. The maximum absolute atomic E-state index is 12.8. The zero-order valence-electron chi connectivity index (χ0n) is 16.5. The molecule has 158 valence electrons. The summed E-state index contributed by atoms with van der Waals surface area (Å²) in [6, 6.07) is 16.6. The Morgan fingerprint density at radius 1 is 0.968 bits per heavy atom. The van der Waals surface area contributed by atoms with Crippen LogP contribution in [0.3, 0.4) is 0 Å². The highest BCUT2D eigenvalue weighted by Crippen LogP contribution is 2.29. The van der Waals surface area contributed by atoms with Crippen LogP contribution in [0.2, 0.25) is 0 Å². The van der Waals surface area contributed by atoms with Crippen LogP contribution in [0.15, 0.2) is 76.0 Å². The largest absolute Gasteiger partial charge is 0.480 e. The minimum Gasteiger partial charge on any atom is -0.480 e. The van der Waals surface area contributed by atoms with E-state index in [4.69, 9.17) is 4.42 Å². The number of aliphatic carboxylic acids is 1. The molecule has 1 atom stereocenters. The Hall–Kier alpha value is -3.49. The van der Waals surface area contributed by atoms with Gasteiger partial charge in [0.15, 0.2) is 5.78 Å². The normalized spacial score (nSPS) is 12.8. The average molecular weight is 437 g/mol. The lowest BCUT2D eigenvalue weighted by molar-refractivity contribution is -0.138. The minimum atomic E-state index is -4.10. The number of carboxylic acids is 1. The van der Waals surface area contributed by atoms with E-state index in [1.54, 1.807) is 30.3 Å². The molecular formula is C23H19NO6S. The maximum Gasteiger partial charge on any atom is 0.322 e. The van der Waals surface area contributed by atoms with Gasteiger partial charge in [-0.2, -0.15) is 4.72 Å². The number of benzene rings is 3. The van der Waals surface area contributed by atoms with Crippen LogP contribution >= 0.6 is 0 Å². The first kappa shape index (κ1) is 20.8. The maximum atomic E-state index is 12.8. The molecule has 3 aromatic carbocycles. The molecule has 0 amide bonds. The first-order valence-corrected chi connectivity index (χ1v) is 11.0. The van der Waals surface area contributed by atoms with Gasteiger partial charge >= 0.3 is 5.97 Å². The third kappa shape index (κ3) is 4.21. The molecule has 1 unspecified atom stereocenters. The number of para-hydroxylation sites is 1. The number of nitrogens with one attached hydrogen (secondary N) is 1. The second kappa shape index (κ2) is 7.98. The van der Waals surface area contributed by atoms with Crippen molar-refractivity contribution >= 4 is 43.7 Å². The molecule has 0 saturated carbocycles. The van der Waals surface area contributed by atoms with E-state index in [0.29, 0.717) is 11.2 Å². The molecule has 0 aliphatic heterocycles. The number of furan rings is 1. The number of fused-ring (bicyclic) bond motifs is 3. The molecule has 0 aliphatic rings. The van der Waals surface area contributed by atoms with Crippen LogP contribution in [0, 0.1) is 6.92 Å². The van der Waals surface area contributed by atoms with E-state index in [1.807, 2.05) is 31.2 Å². The molecule has 0 saturated heterocycles. The van der Waals surface area contributed by atoms with E-state index in [1.165, 1.54) is 12.1 Å². The van der Waals surface area contributed by atoms with E-state index in [0.717, 1.165) is 16.3 Å². The number of sulfonamides is 1. The third-order valence-electron chi connectivity index (χ3n) is 5.01. The van der Waals surface area contributed by atoms with Gasteiger partial charge in [-0.05, 0) is 43.3 Å². The number of carbonyl (C=O) groups is 2. The summed E-state index contributed by atoms with van der Waals surface area (Å²) in [5.41, 5.74) is 2.43. The van der Waals surface area contributed by atoms with Gasteiger partial charge in [-0.15, -0.1) is 0 Å². The van der Waals surface area contributed by atoms with Crippen LogP contribution < -0.4 is 4.72 Å². The zero-order valence-corrected chi connectivity index (χ0v) is 17.3. The van der Waals surface area contributed by atoms with Gasteiger partial charge in [0.2, 0.25) is 10.0 Å². The standard InChI is InChI=1S/C23H19NO6S/c1-14-6-9-16(10-7-14)31(28,29)24-19(23(26)27)13-20(25)15-8-11-22-18(12-15)17-4-2-3-5-21(17)30-22/h2-12,19,24H,13H2,1H3,(H,26,27). The van der Waals surface area contributed by atoms with Crippen molar-refractivity contribution < 1.29 is 27.5 Å². The molecule has 1 heterocycles. The van der Waals surface area contributed by atoms with Crippen molar-refractivity contribution in [2.24, 2.45) is 0 Å². The number of carboxylic acid groups (broad SMARTS) is 1. The SMILES string of the molecule is Cc1ccc(S(=O)(=O)NC(CC(=O)c2ccc3oc4ccccc4c3c2)C(=O)O)cc1. The molecule has 4 aromatic rings. The highest BCUT2D eigenvalue weighted by Gasteiger charge is 2.28. The molecule has 4 rings (SSSR count). The number of hydrogen-bond acceptors (Lipinski definition) is 5. The fraction of sp³-hybridized carbons (Fsp3) is 0.130. The molecule has 7 nitrogen and oxygen atoms in total. The highest BCUT2D eigenvalue weighted by atomic mass is 32.2. The monoisotopic (exact) mass is 437 g/mol. The van der Waals surface area contributed by atoms with Gasteiger partial charge in [0.25, 0.3) is 0 Å². The number of rotatable bonds is 7. The smallest absolute Gasteiger partial charge is 0.322 e. The Kier molecular flexibility index (Phi) is 5.34. The van der Waals surface area contributed by atoms with Gasteiger partial charge in [0.05, 0.1) is 4.90 Å². The van der Waals surface area contributed by atoms with Crippen molar-refractivity contribution in [1.29, 1.82) is 0 Å². The number of carbonyl (C=O) groups excluding carboxylic acids is 1. The van der Waals surface area contributed by atoms with E-state index < -0.39 is 34.2 Å². The van der Waals surface area contributed by atoms with Crippen molar-refractivity contribution in [3.63, 3.8) is 0 Å². The van der Waals surface area contributed by atoms with Crippen LogP contribution in [0.25, 0.3) is 21.9 Å². The highest BCUT2D eigenvalue weighted by molar-refractivity contribution is 7.89. The van der Waals surface area contributed by atoms with Gasteiger partial charge in [-0.3, -0.25) is 9.59 Å². The van der Waals surface area contributed by atoms with Crippen molar-refractivity contribution in [3.05, 3.63) is 77.9 Å². The first-order valence-electron chi connectivity index (χ1n) is 9.51. The summed E-state index contributed by atoms with van der Waals surface area (Å²) in [6.07, 6.45) is -0.526. The van der Waals surface area contributed by atoms with Crippen molar-refractivity contribution in [2.45, 2.75) is 24.3 Å². The first-order chi connectivity index (χ1) is 14.7. The van der Waals surface area contributed by atoms with Gasteiger partial charge < -0.3 is 9.52 Å². The predicted octanol–water partition coefficient (Wildman–Crippen LogP) is 3.90. The van der Waals surface area contributed by atoms with Gasteiger partial charge in [0, 0.05) is 22.8 Å². The summed E-state index contributed by atoms with van der Waals surface area (Å²) >= 11 is 0. The molecule has 0 fully saturated rings. The fourth-order valence-electron chi connectivity index (χ4n) is 3.35. The lowest BCUT2D eigenvalue weighted by atomic mass is 10.0. The molecule has 0 bridgehead atoms. The van der Waals surface area contributed by atoms with Gasteiger partial charge in [-0.1, -0.05) is 35.9 Å². The second-order valence-corrected chi connectivity index (χ2v) is 8.98. The predicted molar refractivity (Wildman–Crippen MR) is 116 cm³/mol. The van der Waals surface area contributed by atoms with Crippen molar-refractivity contribution in [2.75, 3.05) is 0 Å². The summed E-state index contributed by atoms with van der Waals surface area (Å²) in [6.45, 7) is 1.81. The van der Waals surface area contributed by atoms with E-state index in [-0.39, 0.29) is 10.5 Å². The summed E-state index contributed by atoms with van der Waals surface area (Å²) in [5, 5.41) is 11.1. The topological polar surface area (TPSA) is 114 Å². The van der Waals surface area contributed by atoms with Crippen LogP contribution in [0.4, 0.5) is 0 Å². The number of Topliss-reactive ketones (excluding diaryl/α,β-unsaturated/α-hetero) is 1. The van der Waals surface area contributed by atoms with Crippen LogP contribution in [0.5, 0.6) is 0 Å². The van der Waals surface area contributed by atoms with Crippen molar-refractivity contribution in [3.8, 4) is 0 Å². The Morgan fingerprint density at radius 3 is 2.35 bits per heavy atom. The minimum absolute atomic E-state index is 0.0666. The fourth-order valence-corrected chi connectivity index (χ4v) is 4.54. The average Bonchev–Trinajstić information content (AvgIpc) is 3.11. The van der Waals surface area contributed by atoms with Gasteiger partial charge in [0.1, 0.15) is 17.2 Å². The molecule has 2 N–H and O–H groups in total. The Labute approximate surface area is 178 Å². The number of ketones is 1. The van der Waals surface area contributed by atoms with Crippen LogP contribution in [-0.4, -0.2) is 31.3 Å². The molecule has 0 spiro atoms. The summed E-state index contributed by atoms with van der Waals surface area (Å²) in [4.78, 5) is 24.4. The molecule has 1 aromatic heterocycles. The lowest BCUT2D eigenvalue weighted by Crippen LogP contribution is -2.42. The zero-order chi connectivity index (χ0) is 22.2. The van der Waals surface area contributed by atoms with E-state index in [2.05, 4.69) is 4.72 Å². The summed E-state index contributed by atoms with van der Waals surface area (Å²) in [7, 11) is -4.10. The van der Waals surface area contributed by atoms with Crippen LogP contribution in [0.1, 0.15) is 22.3 Å². The number of aryl methyl sites for hydroxylation is 1. The molecule has 31 heavy (non-hydrogen) atoms. The van der Waals surface area contributed by atoms with Crippen LogP contribution in [-0.2, 0) is 14.8 Å². The Balaban J connectivity index is 1.59. The third-order valence-corrected chi connectivity index (χ3v) is 6.50. The summed E-state index contributed by atoms with van der Waals surface area (Å²) in [5.74, 6) is -1.93. The molecule has 0 aliphatic carbocycles. The van der Waals surface area contributed by atoms with E-state index in [9.17, 15) is 23.1 Å².